The molecule has 5 nitrogen and oxygen atoms in total. The Bertz CT molecular complexity index is 1120. The molecule has 2 bridgehead atoms. The van der Waals surface area contributed by atoms with Crippen molar-refractivity contribution in [2.75, 3.05) is 32.7 Å². The van der Waals surface area contributed by atoms with Crippen LogP contribution in [0.3, 0.4) is 0 Å². The van der Waals surface area contributed by atoms with E-state index in [-0.39, 0.29) is 5.91 Å². The summed E-state index contributed by atoms with van der Waals surface area (Å²) in [6, 6.07) is 7.79. The maximum absolute atomic E-state index is 12.9. The fraction of sp³-hybridized carbons (Fsp3) is 0.621. The zero-order valence-electron chi connectivity index (χ0n) is 20.7. The number of carbonyl (C=O) groups excluding carboxylic acids is 1. The van der Waals surface area contributed by atoms with Gasteiger partial charge in [-0.2, -0.15) is 0 Å². The predicted octanol–water partition coefficient (Wildman–Crippen LogP) is 5.33. The normalized spacial score (nSPS) is 28.4. The smallest absolute Gasteiger partial charge is 0.289 e. The highest BCUT2D eigenvalue weighted by atomic mass is 16.3. The molecule has 2 aliphatic heterocycles. The van der Waals surface area contributed by atoms with Gasteiger partial charge in [0.25, 0.3) is 5.91 Å². The second-order valence-corrected chi connectivity index (χ2v) is 11.8. The number of benzene rings is 1. The first-order valence-electron chi connectivity index (χ1n) is 13.3. The number of carbonyl (C=O) groups is 1. The van der Waals surface area contributed by atoms with Gasteiger partial charge in [0, 0.05) is 38.1 Å². The minimum atomic E-state index is -0.819. The Labute approximate surface area is 202 Å². The summed E-state index contributed by atoms with van der Waals surface area (Å²) in [5, 5.41) is 12.4. The lowest BCUT2D eigenvalue weighted by atomic mass is 9.49. The Hall–Kier alpha value is -2.11. The largest absolute Gasteiger partial charge is 0.451 e. The van der Waals surface area contributed by atoms with Gasteiger partial charge in [0.05, 0.1) is 5.60 Å². The van der Waals surface area contributed by atoms with Crippen molar-refractivity contribution in [3.63, 3.8) is 0 Å². The van der Waals surface area contributed by atoms with Gasteiger partial charge in [-0.1, -0.05) is 31.6 Å². The van der Waals surface area contributed by atoms with E-state index in [0.717, 1.165) is 86.8 Å². The second kappa shape index (κ2) is 8.23. The molecular weight excluding hydrogens is 424 g/mol. The first-order chi connectivity index (χ1) is 16.3. The van der Waals surface area contributed by atoms with Crippen molar-refractivity contribution in [2.24, 2.45) is 17.3 Å². The lowest BCUT2D eigenvalue weighted by Gasteiger charge is -2.57. The summed E-state index contributed by atoms with van der Waals surface area (Å²) in [5.74, 6) is 2.03. The van der Waals surface area contributed by atoms with Crippen LogP contribution >= 0.6 is 0 Å². The van der Waals surface area contributed by atoms with E-state index in [1.165, 1.54) is 19.3 Å². The molecule has 1 N–H and O–H groups in total. The molecule has 5 aliphatic rings. The number of hydrogen-bond acceptors (Lipinski definition) is 4. The summed E-state index contributed by atoms with van der Waals surface area (Å²) in [6.07, 6.45) is 9.90. The molecule has 34 heavy (non-hydrogen) atoms. The van der Waals surface area contributed by atoms with E-state index in [4.69, 9.17) is 4.42 Å². The Morgan fingerprint density at radius 1 is 1.09 bits per heavy atom. The van der Waals surface area contributed by atoms with Crippen molar-refractivity contribution in [1.29, 1.82) is 0 Å². The number of likely N-dealkylation sites (tertiary alicyclic amines) is 2. The Kier molecular flexibility index (Phi) is 5.42. The van der Waals surface area contributed by atoms with Crippen LogP contribution in [0.25, 0.3) is 11.0 Å². The van der Waals surface area contributed by atoms with E-state index in [2.05, 4.69) is 24.8 Å². The quantitative estimate of drug-likeness (QED) is 0.624. The predicted molar refractivity (Wildman–Crippen MR) is 134 cm³/mol. The van der Waals surface area contributed by atoms with E-state index in [9.17, 15) is 9.90 Å². The second-order valence-electron chi connectivity index (χ2n) is 11.8. The standard InChI is InChI=1S/C29H38N2O3/c1-28(2)22-7-6-20(24(28)18-22)19-30-14-10-29(33,11-15-30)23-8-9-25-21(16-23)17-26(34-25)27(32)31-12-4-3-5-13-31/h6,8-9,16-17,22,24,33H,3-5,7,10-15,18-19H2,1-2H3/t22-,24-/m0/s1. The number of fused-ring (bicyclic) bond motifs is 2. The number of hydrogen-bond donors (Lipinski definition) is 1. The van der Waals surface area contributed by atoms with Gasteiger partial charge in [-0.25, -0.2) is 0 Å². The first-order valence-corrected chi connectivity index (χ1v) is 13.3. The molecule has 7 rings (SSSR count). The number of aliphatic hydroxyl groups is 1. The highest BCUT2D eigenvalue weighted by molar-refractivity contribution is 5.96. The van der Waals surface area contributed by atoms with Crippen LogP contribution in [-0.4, -0.2) is 53.5 Å². The zero-order valence-corrected chi connectivity index (χ0v) is 20.7. The molecule has 2 saturated heterocycles. The third kappa shape index (κ3) is 3.72. The number of rotatable bonds is 4. The molecule has 0 unspecified atom stereocenters. The van der Waals surface area contributed by atoms with E-state index >= 15 is 0 Å². The van der Waals surface area contributed by atoms with Gasteiger partial charge in [0.1, 0.15) is 5.58 Å². The van der Waals surface area contributed by atoms with E-state index in [1.54, 1.807) is 5.57 Å². The van der Waals surface area contributed by atoms with Gasteiger partial charge in [0.15, 0.2) is 5.76 Å². The van der Waals surface area contributed by atoms with Gasteiger partial charge in [0.2, 0.25) is 0 Å². The van der Waals surface area contributed by atoms with E-state index < -0.39 is 5.60 Å². The Morgan fingerprint density at radius 3 is 2.56 bits per heavy atom. The number of amides is 1. The molecule has 3 aliphatic carbocycles. The maximum Gasteiger partial charge on any atom is 0.289 e. The van der Waals surface area contributed by atoms with Gasteiger partial charge in [-0.15, -0.1) is 0 Å². The molecule has 1 aromatic heterocycles. The minimum Gasteiger partial charge on any atom is -0.451 e. The van der Waals surface area contributed by atoms with Crippen molar-refractivity contribution in [3.05, 3.63) is 47.2 Å². The number of allylic oxidation sites excluding steroid dienone is 1. The molecule has 1 aromatic carbocycles. The molecular formula is C29H38N2O3. The van der Waals surface area contributed by atoms with Crippen molar-refractivity contribution >= 4 is 16.9 Å². The number of nitrogens with zero attached hydrogens (tertiary/aromatic N) is 2. The lowest BCUT2D eigenvalue weighted by Crippen LogP contribution is -2.51. The summed E-state index contributed by atoms with van der Waals surface area (Å²) in [6.45, 7) is 9.37. The molecule has 2 aromatic rings. The van der Waals surface area contributed by atoms with Gasteiger partial charge in [-0.3, -0.25) is 9.69 Å². The third-order valence-corrected chi connectivity index (χ3v) is 9.58. The van der Waals surface area contributed by atoms with Crippen LogP contribution < -0.4 is 0 Å². The maximum atomic E-state index is 12.9. The van der Waals surface area contributed by atoms with Crippen LogP contribution in [0.2, 0.25) is 0 Å². The number of furan rings is 1. The molecule has 0 radical (unpaired) electrons. The molecule has 182 valence electrons. The summed E-state index contributed by atoms with van der Waals surface area (Å²) >= 11 is 0. The molecule has 5 heteroatoms. The molecule has 1 saturated carbocycles. The average Bonchev–Trinajstić information content (AvgIpc) is 3.29. The van der Waals surface area contributed by atoms with Crippen LogP contribution in [0.4, 0.5) is 0 Å². The zero-order chi connectivity index (χ0) is 23.5. The SMILES string of the molecule is CC1(C)[C@H]2CC=C(CN3CCC(O)(c4ccc5oc(C(=O)N6CCCCC6)cc5c4)CC3)[C@@H]1C2. The summed E-state index contributed by atoms with van der Waals surface area (Å²) < 4.78 is 5.90. The fourth-order valence-electron chi connectivity index (χ4n) is 6.97. The highest BCUT2D eigenvalue weighted by Gasteiger charge is 2.51. The topological polar surface area (TPSA) is 56.9 Å². The van der Waals surface area contributed by atoms with Crippen LogP contribution in [0.5, 0.6) is 0 Å². The van der Waals surface area contributed by atoms with Crippen LogP contribution in [0, 0.1) is 17.3 Å². The molecule has 3 heterocycles. The number of piperidine rings is 2. The molecule has 3 fully saturated rings. The summed E-state index contributed by atoms with van der Waals surface area (Å²) in [7, 11) is 0. The van der Waals surface area contributed by atoms with E-state index in [0.29, 0.717) is 11.2 Å². The van der Waals surface area contributed by atoms with Crippen molar-refractivity contribution in [3.8, 4) is 0 Å². The van der Waals surface area contributed by atoms with Gasteiger partial charge >= 0.3 is 0 Å². The highest BCUT2D eigenvalue weighted by Crippen LogP contribution is 2.59. The monoisotopic (exact) mass is 462 g/mol. The van der Waals surface area contributed by atoms with Crippen molar-refractivity contribution < 1.29 is 14.3 Å². The summed E-state index contributed by atoms with van der Waals surface area (Å²) in [5.41, 5.74) is 2.94. The molecule has 2 atom stereocenters. The molecule has 0 spiro atoms. The minimum absolute atomic E-state index is 0.0116. The van der Waals surface area contributed by atoms with Gasteiger partial charge in [-0.05, 0) is 86.0 Å². The Morgan fingerprint density at radius 2 is 1.85 bits per heavy atom. The summed E-state index contributed by atoms with van der Waals surface area (Å²) in [4.78, 5) is 17.3. The molecule has 1 amide bonds. The average molecular weight is 463 g/mol. The Balaban J connectivity index is 1.13. The van der Waals surface area contributed by atoms with E-state index in [1.807, 2.05) is 29.2 Å². The fourth-order valence-corrected chi connectivity index (χ4v) is 6.97. The van der Waals surface area contributed by atoms with Crippen LogP contribution in [0.1, 0.15) is 74.9 Å². The van der Waals surface area contributed by atoms with Crippen molar-refractivity contribution in [2.45, 2.75) is 64.4 Å². The first kappa shape index (κ1) is 22.4. The van der Waals surface area contributed by atoms with Crippen LogP contribution in [0.15, 0.2) is 40.3 Å². The lowest BCUT2D eigenvalue weighted by molar-refractivity contribution is -0.0334. The van der Waals surface area contributed by atoms with Crippen LogP contribution in [-0.2, 0) is 5.60 Å². The van der Waals surface area contributed by atoms with Crippen molar-refractivity contribution in [1.82, 2.24) is 9.80 Å². The third-order valence-electron chi connectivity index (χ3n) is 9.58. The van der Waals surface area contributed by atoms with Gasteiger partial charge < -0.3 is 14.4 Å².